The normalized spacial score (nSPS) is 30.9. The maximum atomic E-state index is 12.4. The summed E-state index contributed by atoms with van der Waals surface area (Å²) in [4.78, 5) is 16.4. The molecule has 3 N–H and O–H groups in total. The van der Waals surface area contributed by atoms with Crippen molar-refractivity contribution in [3.05, 3.63) is 35.4 Å². The summed E-state index contributed by atoms with van der Waals surface area (Å²) < 4.78 is 11.2. The van der Waals surface area contributed by atoms with Crippen LogP contribution in [0.25, 0.3) is 0 Å². The van der Waals surface area contributed by atoms with Gasteiger partial charge in [-0.2, -0.15) is 0 Å². The van der Waals surface area contributed by atoms with E-state index in [1.807, 2.05) is 12.1 Å². The molecule has 0 spiro atoms. The molecule has 0 aliphatic carbocycles. The van der Waals surface area contributed by atoms with Crippen molar-refractivity contribution in [2.24, 2.45) is 0 Å². The SMILES string of the molecule is O=C(NC[C@H]1O[C@@H](CO)[C@@H](O)[C@H]1N1CCc2ccccc2C1)N1CCOCC1. The van der Waals surface area contributed by atoms with Crippen molar-refractivity contribution in [1.82, 2.24) is 15.1 Å². The Labute approximate surface area is 165 Å². The molecule has 1 aromatic rings. The Hall–Kier alpha value is -1.71. The van der Waals surface area contributed by atoms with Crippen molar-refractivity contribution in [2.45, 2.75) is 37.3 Å². The van der Waals surface area contributed by atoms with Crippen LogP contribution in [0, 0.1) is 0 Å². The Morgan fingerprint density at radius 1 is 1.14 bits per heavy atom. The fourth-order valence-electron chi connectivity index (χ4n) is 4.43. The zero-order valence-corrected chi connectivity index (χ0v) is 16.0. The first-order valence-electron chi connectivity index (χ1n) is 10.0. The fraction of sp³-hybridized carbons (Fsp3) is 0.650. The van der Waals surface area contributed by atoms with Gasteiger partial charge in [-0.25, -0.2) is 4.79 Å². The summed E-state index contributed by atoms with van der Waals surface area (Å²) in [6.45, 7) is 3.85. The number of carbonyl (C=O) groups excluding carboxylic acids is 1. The molecule has 0 radical (unpaired) electrons. The zero-order chi connectivity index (χ0) is 19.5. The molecular formula is C20H29N3O5. The Bertz CT molecular complexity index is 682. The molecule has 3 aliphatic heterocycles. The van der Waals surface area contributed by atoms with E-state index in [4.69, 9.17) is 9.47 Å². The van der Waals surface area contributed by atoms with Gasteiger partial charge in [0.05, 0.1) is 32.0 Å². The molecule has 4 atom stereocenters. The maximum absolute atomic E-state index is 12.4. The first-order valence-corrected chi connectivity index (χ1v) is 10.0. The largest absolute Gasteiger partial charge is 0.394 e. The average Bonchev–Trinajstić information content (AvgIpc) is 3.07. The van der Waals surface area contributed by atoms with Gasteiger partial charge in [0.2, 0.25) is 0 Å². The van der Waals surface area contributed by atoms with Crippen LogP contribution in [0.3, 0.4) is 0 Å². The van der Waals surface area contributed by atoms with E-state index in [0.717, 1.165) is 19.5 Å². The third-order valence-corrected chi connectivity index (χ3v) is 5.98. The molecule has 3 aliphatic rings. The Morgan fingerprint density at radius 2 is 1.89 bits per heavy atom. The van der Waals surface area contributed by atoms with Crippen LogP contribution in [0.5, 0.6) is 0 Å². The van der Waals surface area contributed by atoms with Crippen LogP contribution < -0.4 is 5.32 Å². The van der Waals surface area contributed by atoms with Crippen LogP contribution in [-0.2, 0) is 22.4 Å². The van der Waals surface area contributed by atoms with Crippen LogP contribution in [0.1, 0.15) is 11.1 Å². The molecule has 8 heteroatoms. The zero-order valence-electron chi connectivity index (χ0n) is 16.0. The summed E-state index contributed by atoms with van der Waals surface area (Å²) in [7, 11) is 0. The van der Waals surface area contributed by atoms with E-state index >= 15 is 0 Å². The third kappa shape index (κ3) is 4.01. The van der Waals surface area contributed by atoms with Crippen molar-refractivity contribution < 1.29 is 24.5 Å². The number of nitrogens with zero attached hydrogens (tertiary/aromatic N) is 2. The number of hydrogen-bond acceptors (Lipinski definition) is 6. The molecule has 0 saturated carbocycles. The highest BCUT2D eigenvalue weighted by molar-refractivity contribution is 5.74. The lowest BCUT2D eigenvalue weighted by atomic mass is 9.95. The molecule has 0 aromatic heterocycles. The van der Waals surface area contributed by atoms with Gasteiger partial charge in [-0.05, 0) is 17.5 Å². The molecule has 4 rings (SSSR count). The predicted molar refractivity (Wildman–Crippen MR) is 102 cm³/mol. The summed E-state index contributed by atoms with van der Waals surface area (Å²) in [6, 6.07) is 7.92. The maximum Gasteiger partial charge on any atom is 0.317 e. The van der Waals surface area contributed by atoms with Gasteiger partial charge >= 0.3 is 6.03 Å². The number of amides is 2. The molecule has 3 heterocycles. The summed E-state index contributed by atoms with van der Waals surface area (Å²) in [5, 5.41) is 23.3. The van der Waals surface area contributed by atoms with Crippen molar-refractivity contribution in [1.29, 1.82) is 0 Å². The lowest BCUT2D eigenvalue weighted by Crippen LogP contribution is -2.54. The van der Waals surface area contributed by atoms with Crippen LogP contribution in [-0.4, -0.2) is 96.4 Å². The lowest BCUT2D eigenvalue weighted by molar-refractivity contribution is -0.0211. The minimum atomic E-state index is -0.791. The molecule has 28 heavy (non-hydrogen) atoms. The summed E-state index contributed by atoms with van der Waals surface area (Å²) >= 11 is 0. The number of hydrogen-bond donors (Lipinski definition) is 3. The quantitative estimate of drug-likeness (QED) is 0.645. The highest BCUT2D eigenvalue weighted by atomic mass is 16.5. The summed E-state index contributed by atoms with van der Waals surface area (Å²) in [5.41, 5.74) is 2.59. The smallest absolute Gasteiger partial charge is 0.317 e. The highest BCUT2D eigenvalue weighted by Gasteiger charge is 2.46. The van der Waals surface area contributed by atoms with Crippen LogP contribution in [0.2, 0.25) is 0 Å². The van der Waals surface area contributed by atoms with Crippen molar-refractivity contribution >= 4 is 6.03 Å². The van der Waals surface area contributed by atoms with E-state index < -0.39 is 12.2 Å². The fourth-order valence-corrected chi connectivity index (χ4v) is 4.43. The summed E-state index contributed by atoms with van der Waals surface area (Å²) in [5.74, 6) is 0. The van der Waals surface area contributed by atoms with E-state index in [1.165, 1.54) is 11.1 Å². The van der Waals surface area contributed by atoms with Gasteiger partial charge in [0, 0.05) is 32.7 Å². The minimum Gasteiger partial charge on any atom is -0.394 e. The van der Waals surface area contributed by atoms with E-state index in [9.17, 15) is 15.0 Å². The molecule has 154 valence electrons. The second kappa shape index (κ2) is 8.75. The topological polar surface area (TPSA) is 94.5 Å². The van der Waals surface area contributed by atoms with E-state index in [1.54, 1.807) is 4.90 Å². The van der Waals surface area contributed by atoms with E-state index in [-0.39, 0.29) is 24.8 Å². The number of morpholine rings is 1. The minimum absolute atomic E-state index is 0.142. The number of benzene rings is 1. The molecule has 1 aromatic carbocycles. The van der Waals surface area contributed by atoms with Crippen LogP contribution in [0.15, 0.2) is 24.3 Å². The number of rotatable bonds is 4. The number of ether oxygens (including phenoxy) is 2. The van der Waals surface area contributed by atoms with Crippen LogP contribution in [0.4, 0.5) is 4.79 Å². The van der Waals surface area contributed by atoms with Gasteiger partial charge in [-0.3, -0.25) is 4.90 Å². The van der Waals surface area contributed by atoms with Crippen LogP contribution >= 0.6 is 0 Å². The van der Waals surface area contributed by atoms with Gasteiger partial charge in [0.15, 0.2) is 0 Å². The number of aliphatic hydroxyl groups is 2. The summed E-state index contributed by atoms with van der Waals surface area (Å²) in [6.07, 6.45) is -0.883. The van der Waals surface area contributed by atoms with E-state index in [0.29, 0.717) is 32.8 Å². The van der Waals surface area contributed by atoms with Crippen molar-refractivity contribution in [3.8, 4) is 0 Å². The second-order valence-corrected chi connectivity index (χ2v) is 7.65. The van der Waals surface area contributed by atoms with Gasteiger partial charge in [-0.1, -0.05) is 24.3 Å². The third-order valence-electron chi connectivity index (χ3n) is 5.98. The van der Waals surface area contributed by atoms with Gasteiger partial charge in [-0.15, -0.1) is 0 Å². The molecule has 0 unspecified atom stereocenters. The molecule has 8 nitrogen and oxygen atoms in total. The molecular weight excluding hydrogens is 362 g/mol. The predicted octanol–water partition coefficient (Wildman–Crippen LogP) is -0.424. The number of fused-ring (bicyclic) bond motifs is 1. The highest BCUT2D eigenvalue weighted by Crippen LogP contribution is 2.30. The van der Waals surface area contributed by atoms with Gasteiger partial charge < -0.3 is 29.9 Å². The number of carbonyl (C=O) groups is 1. The Kier molecular flexibility index (Phi) is 6.13. The van der Waals surface area contributed by atoms with Crippen molar-refractivity contribution in [2.75, 3.05) is 46.0 Å². The Balaban J connectivity index is 1.42. The van der Waals surface area contributed by atoms with Gasteiger partial charge in [0.25, 0.3) is 0 Å². The molecule has 2 amide bonds. The number of nitrogens with one attached hydrogen (secondary N) is 1. The standard InChI is InChI=1S/C20H29N3O5/c24-13-17-19(25)18(23-6-5-14-3-1-2-4-15(14)12-23)16(28-17)11-21-20(26)22-7-9-27-10-8-22/h1-4,16-19,24-25H,5-13H2,(H,21,26)/t16-,17+,18+,19-/m1/s1. The molecule has 0 bridgehead atoms. The molecule has 2 fully saturated rings. The second-order valence-electron chi connectivity index (χ2n) is 7.65. The van der Waals surface area contributed by atoms with Gasteiger partial charge in [0.1, 0.15) is 12.2 Å². The number of aliphatic hydroxyl groups excluding tert-OH is 2. The Morgan fingerprint density at radius 3 is 2.64 bits per heavy atom. The average molecular weight is 391 g/mol. The van der Waals surface area contributed by atoms with E-state index in [2.05, 4.69) is 22.3 Å². The monoisotopic (exact) mass is 391 g/mol. The number of urea groups is 1. The lowest BCUT2D eigenvalue weighted by Gasteiger charge is -2.37. The first kappa shape index (κ1) is 19.6. The molecule has 2 saturated heterocycles. The van der Waals surface area contributed by atoms with Crippen molar-refractivity contribution in [3.63, 3.8) is 0 Å². The first-order chi connectivity index (χ1) is 13.7.